The predicted octanol–water partition coefficient (Wildman–Crippen LogP) is 7.20. The molecule has 0 saturated carbocycles. The average molecular weight is 725 g/mol. The molecule has 4 rings (SSSR count). The molecule has 5 nitrogen and oxygen atoms in total. The number of halogens is 8. The van der Waals surface area contributed by atoms with Gasteiger partial charge in [-0.1, -0.05) is 12.1 Å². The Kier molecular flexibility index (Phi) is 15.7. The van der Waals surface area contributed by atoms with Crippen LogP contribution in [0.15, 0.2) is 85.5 Å². The fraction of sp³-hybridized carbons (Fsp3) is 0.0909. The molecule has 0 aliphatic heterocycles. The monoisotopic (exact) mass is 725 g/mol. The van der Waals surface area contributed by atoms with Crippen molar-refractivity contribution in [3.63, 3.8) is 0 Å². The molecule has 0 N–H and O–H groups in total. The van der Waals surface area contributed by atoms with Crippen LogP contribution in [0.25, 0.3) is 22.8 Å². The Hall–Kier alpha value is -3.34. The second kappa shape index (κ2) is 17.2. The molecule has 0 bridgehead atoms. The third-order valence-corrected chi connectivity index (χ3v) is 3.74. The van der Waals surface area contributed by atoms with Gasteiger partial charge in [0.25, 0.3) is 0 Å². The molecule has 0 spiro atoms. The molecular formula is C22H20B2F8N4OPt. The van der Waals surface area contributed by atoms with Crippen LogP contribution in [0.3, 0.4) is 0 Å². The number of hydrogen-bond acceptors (Lipinski definition) is 5. The molecule has 0 aliphatic carbocycles. The number of ether oxygens (including phenoxy) is 1. The molecule has 0 atom stereocenters. The topological polar surface area (TPSA) is 60.8 Å². The van der Waals surface area contributed by atoms with E-state index >= 15 is 0 Å². The molecule has 4 heterocycles. The van der Waals surface area contributed by atoms with E-state index in [0.717, 1.165) is 28.5 Å². The smallest absolute Gasteiger partial charge is 0.497 e. The van der Waals surface area contributed by atoms with Crippen molar-refractivity contribution >= 4 is 14.5 Å². The Bertz CT molecular complexity index is 1100. The van der Waals surface area contributed by atoms with Gasteiger partial charge in [0.15, 0.2) is 0 Å². The number of hydrogen-bond donors (Lipinski definition) is 0. The van der Waals surface area contributed by atoms with Gasteiger partial charge in [-0.3, -0.25) is 15.0 Å². The third-order valence-electron chi connectivity index (χ3n) is 3.74. The summed E-state index contributed by atoms with van der Waals surface area (Å²) in [6.07, 6.45) is 7.07. The standard InChI is InChI=1S/C16H13N3O.C6H7N.2BF4.Pt/c1-20-12-10-15(13-6-2-4-8-17-13)19-16(11-12)14-7-3-5-9-18-14;1-6-2-4-7-5-3-6;2*2-1(3,4)5;/h2-11H,1H3;2-5H,1H3;;;/q;;2*-1;+2. The van der Waals surface area contributed by atoms with E-state index < -0.39 is 14.5 Å². The summed E-state index contributed by atoms with van der Waals surface area (Å²) in [5.74, 6) is 0.737. The maximum Gasteiger partial charge on any atom is 2.00 e. The zero-order valence-corrected chi connectivity index (χ0v) is 22.0. The van der Waals surface area contributed by atoms with Gasteiger partial charge in [0, 0.05) is 36.9 Å². The maximum absolute atomic E-state index is 9.75. The van der Waals surface area contributed by atoms with Crippen LogP contribution in [0.2, 0.25) is 0 Å². The first-order valence-corrected chi connectivity index (χ1v) is 10.3. The quantitative estimate of drug-likeness (QED) is 0.165. The van der Waals surface area contributed by atoms with E-state index in [1.54, 1.807) is 31.9 Å². The van der Waals surface area contributed by atoms with E-state index in [9.17, 15) is 34.5 Å². The van der Waals surface area contributed by atoms with Gasteiger partial charge in [-0.25, -0.2) is 4.98 Å². The molecule has 0 unspecified atom stereocenters. The molecule has 38 heavy (non-hydrogen) atoms. The summed E-state index contributed by atoms with van der Waals surface area (Å²) in [4.78, 5) is 17.1. The van der Waals surface area contributed by atoms with E-state index in [4.69, 9.17) is 4.74 Å². The fourth-order valence-electron chi connectivity index (χ4n) is 2.34. The summed E-state index contributed by atoms with van der Waals surface area (Å²) in [6, 6.07) is 19.2. The van der Waals surface area contributed by atoms with E-state index in [0.29, 0.717) is 0 Å². The van der Waals surface area contributed by atoms with Gasteiger partial charge < -0.3 is 39.3 Å². The maximum atomic E-state index is 9.75. The van der Waals surface area contributed by atoms with Crippen LogP contribution in [0.5, 0.6) is 5.75 Å². The SMILES string of the molecule is COc1cc(-c2ccccn2)nc(-c2ccccn2)c1.Cc1ccncc1.F[B-](F)(F)F.F[B-](F)(F)F.[Pt+2]. The van der Waals surface area contributed by atoms with Crippen molar-refractivity contribution in [1.82, 2.24) is 19.9 Å². The molecule has 4 aromatic heterocycles. The molecule has 0 aromatic carbocycles. The van der Waals surface area contributed by atoms with Crippen molar-refractivity contribution in [3.05, 3.63) is 91.0 Å². The Balaban J connectivity index is 0.000000625. The van der Waals surface area contributed by atoms with E-state index in [-0.39, 0.29) is 21.1 Å². The second-order valence-corrected chi connectivity index (χ2v) is 6.72. The summed E-state index contributed by atoms with van der Waals surface area (Å²) in [5, 5.41) is 0. The zero-order valence-electron chi connectivity index (χ0n) is 19.8. The Morgan fingerprint density at radius 2 is 1.00 bits per heavy atom. The first kappa shape index (κ1) is 34.7. The fourth-order valence-corrected chi connectivity index (χ4v) is 2.34. The molecular weight excluding hydrogens is 705 g/mol. The Morgan fingerprint density at radius 1 is 0.605 bits per heavy atom. The normalized spacial score (nSPS) is 10.2. The van der Waals surface area contributed by atoms with Gasteiger partial charge in [0.05, 0.1) is 29.9 Å². The Morgan fingerprint density at radius 3 is 1.26 bits per heavy atom. The van der Waals surface area contributed by atoms with Gasteiger partial charge in [0.2, 0.25) is 0 Å². The van der Waals surface area contributed by atoms with Crippen LogP contribution >= 0.6 is 0 Å². The van der Waals surface area contributed by atoms with Crippen molar-refractivity contribution in [2.45, 2.75) is 6.92 Å². The van der Waals surface area contributed by atoms with Crippen LogP contribution in [0, 0.1) is 6.92 Å². The molecule has 0 aliphatic rings. The number of pyridine rings is 4. The van der Waals surface area contributed by atoms with E-state index in [1.807, 2.05) is 67.6 Å². The summed E-state index contributed by atoms with van der Waals surface area (Å²) in [7, 11) is -10.4. The zero-order chi connectivity index (χ0) is 27.9. The van der Waals surface area contributed by atoms with Gasteiger partial charge >= 0.3 is 35.6 Å². The second-order valence-electron chi connectivity index (χ2n) is 6.72. The van der Waals surface area contributed by atoms with Crippen LogP contribution in [0.4, 0.5) is 34.5 Å². The number of aromatic nitrogens is 4. The van der Waals surface area contributed by atoms with Gasteiger partial charge in [-0.15, -0.1) is 0 Å². The van der Waals surface area contributed by atoms with Crippen LogP contribution in [0.1, 0.15) is 5.56 Å². The van der Waals surface area contributed by atoms with E-state index in [2.05, 4.69) is 19.9 Å². The minimum atomic E-state index is -6.00. The van der Waals surface area contributed by atoms with E-state index in [1.165, 1.54) is 5.56 Å². The van der Waals surface area contributed by atoms with Crippen molar-refractivity contribution < 1.29 is 60.3 Å². The molecule has 16 heteroatoms. The van der Waals surface area contributed by atoms with Gasteiger partial charge in [0.1, 0.15) is 5.75 Å². The first-order valence-electron chi connectivity index (χ1n) is 10.3. The molecule has 0 saturated heterocycles. The van der Waals surface area contributed by atoms with Crippen LogP contribution in [-0.4, -0.2) is 41.6 Å². The average Bonchev–Trinajstić information content (AvgIpc) is 2.84. The minimum absolute atomic E-state index is 0. The van der Waals surface area contributed by atoms with Crippen molar-refractivity contribution in [2.75, 3.05) is 7.11 Å². The van der Waals surface area contributed by atoms with Gasteiger partial charge in [-0.2, -0.15) is 0 Å². The number of nitrogens with zero attached hydrogens (tertiary/aromatic N) is 4. The number of rotatable bonds is 3. The minimum Gasteiger partial charge on any atom is -0.497 e. The summed E-state index contributed by atoms with van der Waals surface area (Å²) >= 11 is 0. The molecule has 0 radical (unpaired) electrons. The van der Waals surface area contributed by atoms with Crippen molar-refractivity contribution in [3.8, 4) is 28.5 Å². The Labute approximate surface area is 228 Å². The summed E-state index contributed by atoms with van der Waals surface area (Å²) in [6.45, 7) is 2.04. The molecule has 0 amide bonds. The van der Waals surface area contributed by atoms with Crippen LogP contribution in [-0.2, 0) is 21.1 Å². The summed E-state index contributed by atoms with van der Waals surface area (Å²) in [5.41, 5.74) is 4.42. The van der Waals surface area contributed by atoms with Crippen molar-refractivity contribution in [2.24, 2.45) is 0 Å². The summed E-state index contributed by atoms with van der Waals surface area (Å²) < 4.78 is 83.3. The van der Waals surface area contributed by atoms with Crippen LogP contribution < -0.4 is 4.74 Å². The third kappa shape index (κ3) is 18.0. The molecule has 0 fully saturated rings. The van der Waals surface area contributed by atoms with Gasteiger partial charge in [-0.05, 0) is 48.9 Å². The van der Waals surface area contributed by atoms with Crippen molar-refractivity contribution in [1.29, 1.82) is 0 Å². The first-order chi connectivity index (χ1) is 17.3. The number of methoxy groups -OCH3 is 1. The molecule has 206 valence electrons. The largest absolute Gasteiger partial charge is 2.00 e. The predicted molar refractivity (Wildman–Crippen MR) is 127 cm³/mol. The molecule has 4 aromatic rings. The number of aryl methyl sites for hydroxylation is 1.